The van der Waals surface area contributed by atoms with Crippen LogP contribution in [0.15, 0.2) is 77.7 Å². The average molecular weight is 583 g/mol. The zero-order valence-electron chi connectivity index (χ0n) is 20.2. The van der Waals surface area contributed by atoms with E-state index in [1.54, 1.807) is 61.5 Å². The number of carbonyl (C=O) groups excluding carboxylic acids is 2. The van der Waals surface area contributed by atoms with E-state index >= 15 is 0 Å². The number of likely N-dealkylation sites (N-methyl/N-ethyl adjacent to an activating group) is 1. The van der Waals surface area contributed by atoms with Crippen LogP contribution in [0.3, 0.4) is 0 Å². The summed E-state index contributed by atoms with van der Waals surface area (Å²) in [6.07, 6.45) is 0.291. The minimum absolute atomic E-state index is 0.00779. The minimum Gasteiger partial charge on any atom is -0.357 e. The van der Waals surface area contributed by atoms with Gasteiger partial charge in [-0.15, -0.1) is 0 Å². The highest BCUT2D eigenvalue weighted by Crippen LogP contribution is 2.28. The number of hydrogen-bond donors (Lipinski definition) is 1. The fraction of sp³-hybridized carbons (Fsp3) is 0.231. The minimum atomic E-state index is -4.16. The van der Waals surface area contributed by atoms with Crippen LogP contribution in [0.25, 0.3) is 0 Å². The summed E-state index contributed by atoms with van der Waals surface area (Å²) < 4.78 is 28.3. The van der Waals surface area contributed by atoms with Crippen molar-refractivity contribution in [2.45, 2.75) is 30.8 Å². The fourth-order valence-corrected chi connectivity index (χ4v) is 5.88. The van der Waals surface area contributed by atoms with Gasteiger partial charge in [0.1, 0.15) is 12.6 Å². The molecule has 11 heteroatoms. The van der Waals surface area contributed by atoms with Crippen molar-refractivity contribution in [2.75, 3.05) is 17.9 Å². The number of benzene rings is 3. The van der Waals surface area contributed by atoms with Crippen LogP contribution in [-0.4, -0.2) is 44.8 Å². The van der Waals surface area contributed by atoms with E-state index in [0.717, 1.165) is 4.31 Å². The Morgan fingerprint density at radius 1 is 0.919 bits per heavy atom. The fourth-order valence-electron chi connectivity index (χ4n) is 3.80. The second-order valence-electron chi connectivity index (χ2n) is 8.10. The predicted molar refractivity (Wildman–Crippen MR) is 148 cm³/mol. The molecule has 37 heavy (non-hydrogen) atoms. The number of amides is 2. The molecule has 2 amide bonds. The van der Waals surface area contributed by atoms with Gasteiger partial charge in [-0.25, -0.2) is 8.42 Å². The molecule has 196 valence electrons. The average Bonchev–Trinajstić information content (AvgIpc) is 2.88. The van der Waals surface area contributed by atoms with E-state index < -0.39 is 28.5 Å². The third kappa shape index (κ3) is 6.96. The zero-order chi connectivity index (χ0) is 27.2. The summed E-state index contributed by atoms with van der Waals surface area (Å²) in [6.45, 7) is 1.16. The van der Waals surface area contributed by atoms with E-state index in [1.807, 2.05) is 0 Å². The van der Waals surface area contributed by atoms with Crippen molar-refractivity contribution in [3.63, 3.8) is 0 Å². The number of nitrogens with one attached hydrogen (secondary N) is 1. The molecule has 1 N–H and O–H groups in total. The molecule has 3 aromatic carbocycles. The topological polar surface area (TPSA) is 86.8 Å². The maximum absolute atomic E-state index is 13.8. The van der Waals surface area contributed by atoms with Crippen LogP contribution in [-0.2, 0) is 26.2 Å². The summed E-state index contributed by atoms with van der Waals surface area (Å²) in [5.74, 6) is -0.984. The smallest absolute Gasteiger partial charge is 0.264 e. The van der Waals surface area contributed by atoms with Gasteiger partial charge in [0.05, 0.1) is 10.6 Å². The second kappa shape index (κ2) is 12.6. The quantitative estimate of drug-likeness (QED) is 0.347. The van der Waals surface area contributed by atoms with E-state index in [2.05, 4.69) is 5.32 Å². The Morgan fingerprint density at radius 3 is 2.19 bits per heavy atom. The molecule has 0 unspecified atom stereocenters. The Balaban J connectivity index is 2.07. The number of halogens is 3. The van der Waals surface area contributed by atoms with Gasteiger partial charge in [-0.2, -0.15) is 0 Å². The zero-order valence-corrected chi connectivity index (χ0v) is 23.3. The van der Waals surface area contributed by atoms with Gasteiger partial charge < -0.3 is 10.2 Å². The van der Waals surface area contributed by atoms with Crippen molar-refractivity contribution < 1.29 is 18.0 Å². The molecule has 0 saturated carbocycles. The van der Waals surface area contributed by atoms with Crippen LogP contribution in [0.4, 0.5) is 5.69 Å². The van der Waals surface area contributed by atoms with E-state index in [1.165, 1.54) is 30.1 Å². The summed E-state index contributed by atoms with van der Waals surface area (Å²) in [5.41, 5.74) is 0.768. The van der Waals surface area contributed by atoms with Gasteiger partial charge in [-0.05, 0) is 54.4 Å². The molecule has 0 aliphatic heterocycles. The lowest BCUT2D eigenvalue weighted by molar-refractivity contribution is -0.140. The Kier molecular flexibility index (Phi) is 9.84. The molecule has 0 aliphatic carbocycles. The van der Waals surface area contributed by atoms with Crippen LogP contribution in [0.1, 0.15) is 18.9 Å². The molecule has 3 aromatic rings. The molecule has 1 atom stereocenters. The van der Waals surface area contributed by atoms with Crippen molar-refractivity contribution in [2.24, 2.45) is 0 Å². The van der Waals surface area contributed by atoms with E-state index in [-0.39, 0.29) is 23.0 Å². The highest BCUT2D eigenvalue weighted by atomic mass is 35.5. The van der Waals surface area contributed by atoms with Gasteiger partial charge in [-0.3, -0.25) is 13.9 Å². The SMILES string of the molecule is CC[C@@H](C(=O)NC)N(Cc1ccc(Cl)cc1Cl)C(=O)CN(c1cccc(Cl)c1)S(=O)(=O)c1ccccc1. The molecule has 0 bridgehead atoms. The van der Waals surface area contributed by atoms with E-state index in [4.69, 9.17) is 34.8 Å². The first-order valence-corrected chi connectivity index (χ1v) is 13.9. The monoisotopic (exact) mass is 581 g/mol. The van der Waals surface area contributed by atoms with Crippen molar-refractivity contribution in [1.82, 2.24) is 10.2 Å². The number of sulfonamides is 1. The lowest BCUT2D eigenvalue weighted by Crippen LogP contribution is -2.51. The molecule has 0 aliphatic rings. The van der Waals surface area contributed by atoms with Crippen molar-refractivity contribution in [1.29, 1.82) is 0 Å². The molecule has 0 saturated heterocycles. The summed E-state index contributed by atoms with van der Waals surface area (Å²) in [7, 11) is -2.69. The highest BCUT2D eigenvalue weighted by molar-refractivity contribution is 7.92. The van der Waals surface area contributed by atoms with Gasteiger partial charge in [0, 0.05) is 28.7 Å². The Morgan fingerprint density at radius 2 is 1.59 bits per heavy atom. The van der Waals surface area contributed by atoms with Gasteiger partial charge >= 0.3 is 0 Å². The maximum Gasteiger partial charge on any atom is 0.264 e. The van der Waals surface area contributed by atoms with E-state index in [9.17, 15) is 18.0 Å². The summed E-state index contributed by atoms with van der Waals surface area (Å²) in [5, 5.41) is 3.62. The van der Waals surface area contributed by atoms with Crippen LogP contribution in [0.2, 0.25) is 15.1 Å². The second-order valence-corrected chi connectivity index (χ2v) is 11.2. The summed E-state index contributed by atoms with van der Waals surface area (Å²) in [4.78, 5) is 27.9. The summed E-state index contributed by atoms with van der Waals surface area (Å²) in [6, 6.07) is 18.0. The lowest BCUT2D eigenvalue weighted by atomic mass is 10.1. The molecule has 0 aromatic heterocycles. The Labute approximate surface area is 232 Å². The molecular weight excluding hydrogens is 557 g/mol. The maximum atomic E-state index is 13.8. The van der Waals surface area contributed by atoms with Crippen LogP contribution < -0.4 is 9.62 Å². The molecule has 7 nitrogen and oxygen atoms in total. The molecule has 0 heterocycles. The number of carbonyl (C=O) groups is 2. The van der Waals surface area contributed by atoms with Gasteiger partial charge in [-0.1, -0.05) is 72.1 Å². The largest absolute Gasteiger partial charge is 0.357 e. The van der Waals surface area contributed by atoms with E-state index in [0.29, 0.717) is 27.1 Å². The van der Waals surface area contributed by atoms with Crippen molar-refractivity contribution in [3.8, 4) is 0 Å². The molecule has 0 radical (unpaired) electrons. The first kappa shape index (κ1) is 28.8. The predicted octanol–water partition coefficient (Wildman–Crippen LogP) is 5.40. The first-order chi connectivity index (χ1) is 17.6. The standard InChI is InChI=1S/C26H26Cl3N3O4S/c1-3-24(26(34)30-2)31(16-18-12-13-20(28)15-23(18)29)25(33)17-32(21-9-7-8-19(27)14-21)37(35,36)22-10-5-4-6-11-22/h4-15,24H,3,16-17H2,1-2H3,(H,30,34)/t24-/m0/s1. The molecule has 0 spiro atoms. The molecule has 0 fully saturated rings. The number of anilines is 1. The third-order valence-electron chi connectivity index (χ3n) is 5.69. The lowest BCUT2D eigenvalue weighted by Gasteiger charge is -2.33. The Hall–Kier alpha value is -2.78. The van der Waals surface area contributed by atoms with Gasteiger partial charge in [0.15, 0.2) is 0 Å². The molecular formula is C26H26Cl3N3O4S. The van der Waals surface area contributed by atoms with Crippen LogP contribution >= 0.6 is 34.8 Å². The van der Waals surface area contributed by atoms with Crippen molar-refractivity contribution >= 4 is 62.3 Å². The van der Waals surface area contributed by atoms with Crippen LogP contribution in [0.5, 0.6) is 0 Å². The van der Waals surface area contributed by atoms with Gasteiger partial charge in [0.25, 0.3) is 10.0 Å². The van der Waals surface area contributed by atoms with Gasteiger partial charge in [0.2, 0.25) is 11.8 Å². The molecule has 3 rings (SSSR count). The normalized spacial score (nSPS) is 12.0. The van der Waals surface area contributed by atoms with Crippen molar-refractivity contribution in [3.05, 3.63) is 93.4 Å². The summed E-state index contributed by atoms with van der Waals surface area (Å²) >= 11 is 18.6. The Bertz CT molecular complexity index is 1370. The highest BCUT2D eigenvalue weighted by Gasteiger charge is 2.33. The van der Waals surface area contributed by atoms with Crippen LogP contribution in [0, 0.1) is 0 Å². The first-order valence-electron chi connectivity index (χ1n) is 11.4. The number of hydrogen-bond acceptors (Lipinski definition) is 4. The third-order valence-corrected chi connectivity index (χ3v) is 8.30. The number of nitrogens with zero attached hydrogens (tertiary/aromatic N) is 2. The number of rotatable bonds is 10.